The number of anilines is 1. The number of methoxy groups -OCH3 is 1. The van der Waals surface area contributed by atoms with E-state index in [4.69, 9.17) is 16.3 Å². The molecule has 0 saturated heterocycles. The number of nitrogens with zero attached hydrogens (tertiary/aromatic N) is 2. The first-order chi connectivity index (χ1) is 10.2. The molecule has 3 aromatic rings. The van der Waals surface area contributed by atoms with Crippen LogP contribution in [0, 0.1) is 0 Å². The third-order valence-corrected chi connectivity index (χ3v) is 3.56. The highest BCUT2D eigenvalue weighted by molar-refractivity contribution is 6.30. The van der Waals surface area contributed by atoms with Gasteiger partial charge >= 0.3 is 0 Å². The number of halogens is 1. The van der Waals surface area contributed by atoms with Gasteiger partial charge in [-0.05, 0) is 35.4 Å². The molecule has 0 fully saturated rings. The Morgan fingerprint density at radius 3 is 2.52 bits per heavy atom. The van der Waals surface area contributed by atoms with Crippen LogP contribution < -0.4 is 10.1 Å². The summed E-state index contributed by atoms with van der Waals surface area (Å²) >= 11 is 5.95. The summed E-state index contributed by atoms with van der Waals surface area (Å²) in [5, 5.41) is 4.60. The molecule has 21 heavy (non-hydrogen) atoms. The van der Waals surface area contributed by atoms with E-state index in [1.165, 1.54) is 0 Å². The first kappa shape index (κ1) is 13.6. The highest BCUT2D eigenvalue weighted by atomic mass is 35.5. The van der Waals surface area contributed by atoms with Gasteiger partial charge in [-0.1, -0.05) is 23.7 Å². The van der Waals surface area contributed by atoms with Crippen molar-refractivity contribution in [3.8, 4) is 16.9 Å². The summed E-state index contributed by atoms with van der Waals surface area (Å²) in [4.78, 5) is 8.80. The lowest BCUT2D eigenvalue weighted by Crippen LogP contribution is -1.98. The molecule has 0 atom stereocenters. The summed E-state index contributed by atoms with van der Waals surface area (Å²) in [6.07, 6.45) is 1.81. The summed E-state index contributed by atoms with van der Waals surface area (Å²) in [6, 6.07) is 11.6. The highest BCUT2D eigenvalue weighted by Crippen LogP contribution is 2.33. The van der Waals surface area contributed by atoms with Gasteiger partial charge in [-0.25, -0.2) is 9.97 Å². The molecular formula is C16H14ClN3O. The topological polar surface area (TPSA) is 47.0 Å². The van der Waals surface area contributed by atoms with Crippen LogP contribution in [0.1, 0.15) is 0 Å². The van der Waals surface area contributed by atoms with Gasteiger partial charge in [0.2, 0.25) is 5.95 Å². The lowest BCUT2D eigenvalue weighted by atomic mass is 10.0. The predicted molar refractivity (Wildman–Crippen MR) is 86.1 cm³/mol. The number of aromatic nitrogens is 2. The molecular weight excluding hydrogens is 286 g/mol. The van der Waals surface area contributed by atoms with Gasteiger partial charge in [0.05, 0.1) is 7.11 Å². The molecule has 1 aromatic heterocycles. The molecule has 0 amide bonds. The van der Waals surface area contributed by atoms with Crippen molar-refractivity contribution in [2.45, 2.75) is 0 Å². The van der Waals surface area contributed by atoms with E-state index in [1.807, 2.05) is 36.4 Å². The zero-order valence-corrected chi connectivity index (χ0v) is 12.5. The molecule has 1 heterocycles. The highest BCUT2D eigenvalue weighted by Gasteiger charge is 2.11. The second-order valence-corrected chi connectivity index (χ2v) is 4.96. The van der Waals surface area contributed by atoms with Gasteiger partial charge in [0, 0.05) is 23.7 Å². The fourth-order valence-electron chi connectivity index (χ4n) is 2.26. The Bertz CT molecular complexity index is 787. The first-order valence-corrected chi connectivity index (χ1v) is 6.88. The minimum absolute atomic E-state index is 0.564. The molecule has 0 spiro atoms. The van der Waals surface area contributed by atoms with Crippen molar-refractivity contribution in [1.82, 2.24) is 9.97 Å². The van der Waals surface area contributed by atoms with Crippen LogP contribution in [0.3, 0.4) is 0 Å². The fraction of sp³-hybridized carbons (Fsp3) is 0.125. The Morgan fingerprint density at radius 1 is 1.10 bits per heavy atom. The van der Waals surface area contributed by atoms with Crippen molar-refractivity contribution in [1.29, 1.82) is 0 Å². The van der Waals surface area contributed by atoms with Crippen LogP contribution in [0.5, 0.6) is 5.75 Å². The van der Waals surface area contributed by atoms with Crippen LogP contribution in [0.15, 0.2) is 42.6 Å². The Balaban J connectivity index is 2.26. The smallest absolute Gasteiger partial charge is 0.223 e. The molecule has 0 bridgehead atoms. The largest absolute Gasteiger partial charge is 0.494 e. The molecule has 5 heteroatoms. The minimum atomic E-state index is 0.564. The van der Waals surface area contributed by atoms with Gasteiger partial charge in [0.15, 0.2) is 0 Å². The Labute approximate surface area is 127 Å². The standard InChI is InChI=1S/C16H14ClN3O/c1-18-16-19-9-13-12(10-3-5-11(17)6-4-10)7-8-14(21-2)15(13)20-16/h3-9H,1-2H3,(H,18,19,20). The van der Waals surface area contributed by atoms with Gasteiger partial charge in [-0.15, -0.1) is 0 Å². The van der Waals surface area contributed by atoms with Crippen LogP contribution in [0.2, 0.25) is 5.02 Å². The maximum atomic E-state index is 5.95. The van der Waals surface area contributed by atoms with Crippen molar-refractivity contribution < 1.29 is 4.74 Å². The SMILES string of the molecule is CNc1ncc2c(-c3ccc(Cl)cc3)ccc(OC)c2n1. The second kappa shape index (κ2) is 5.58. The Kier molecular flexibility index (Phi) is 3.62. The fourth-order valence-corrected chi connectivity index (χ4v) is 2.39. The lowest BCUT2D eigenvalue weighted by molar-refractivity contribution is 0.419. The maximum Gasteiger partial charge on any atom is 0.223 e. The van der Waals surface area contributed by atoms with Crippen molar-refractivity contribution in [3.05, 3.63) is 47.6 Å². The number of rotatable bonds is 3. The van der Waals surface area contributed by atoms with Crippen LogP contribution in [0.4, 0.5) is 5.95 Å². The van der Waals surface area contributed by atoms with E-state index in [0.29, 0.717) is 11.0 Å². The molecule has 106 valence electrons. The molecule has 0 aliphatic carbocycles. The molecule has 4 nitrogen and oxygen atoms in total. The molecule has 1 N–H and O–H groups in total. The van der Waals surface area contributed by atoms with E-state index in [9.17, 15) is 0 Å². The summed E-state index contributed by atoms with van der Waals surface area (Å²) in [6.45, 7) is 0. The zero-order chi connectivity index (χ0) is 14.8. The summed E-state index contributed by atoms with van der Waals surface area (Å²) in [5.41, 5.74) is 2.89. The van der Waals surface area contributed by atoms with Crippen LogP contribution in [-0.2, 0) is 0 Å². The Morgan fingerprint density at radius 2 is 1.86 bits per heavy atom. The lowest BCUT2D eigenvalue weighted by Gasteiger charge is -2.11. The summed E-state index contributed by atoms with van der Waals surface area (Å²) in [7, 11) is 3.43. The monoisotopic (exact) mass is 299 g/mol. The third kappa shape index (κ3) is 2.50. The number of ether oxygens (including phenoxy) is 1. The van der Waals surface area contributed by atoms with Crippen LogP contribution in [0.25, 0.3) is 22.0 Å². The van der Waals surface area contributed by atoms with Crippen molar-refractivity contribution in [3.63, 3.8) is 0 Å². The summed E-state index contributed by atoms with van der Waals surface area (Å²) < 4.78 is 5.40. The number of nitrogens with one attached hydrogen (secondary N) is 1. The number of fused-ring (bicyclic) bond motifs is 1. The van der Waals surface area contributed by atoms with E-state index in [2.05, 4.69) is 15.3 Å². The molecule has 0 aliphatic heterocycles. The maximum absolute atomic E-state index is 5.95. The minimum Gasteiger partial charge on any atom is -0.494 e. The third-order valence-electron chi connectivity index (χ3n) is 3.31. The van der Waals surface area contributed by atoms with Crippen LogP contribution in [-0.4, -0.2) is 24.1 Å². The van der Waals surface area contributed by atoms with E-state index in [1.54, 1.807) is 20.4 Å². The molecule has 0 saturated carbocycles. The average Bonchev–Trinajstić information content (AvgIpc) is 2.54. The normalized spacial score (nSPS) is 10.6. The molecule has 3 rings (SSSR count). The Hall–Kier alpha value is -2.33. The van der Waals surface area contributed by atoms with Crippen molar-refractivity contribution in [2.75, 3.05) is 19.5 Å². The van der Waals surface area contributed by atoms with Crippen molar-refractivity contribution in [2.24, 2.45) is 0 Å². The molecule has 2 aromatic carbocycles. The van der Waals surface area contributed by atoms with Gasteiger partial charge < -0.3 is 10.1 Å². The number of hydrogen-bond acceptors (Lipinski definition) is 4. The molecule has 0 aliphatic rings. The van der Waals surface area contributed by atoms with Gasteiger partial charge in [-0.3, -0.25) is 0 Å². The van der Waals surface area contributed by atoms with Gasteiger partial charge in [0.25, 0.3) is 0 Å². The van der Waals surface area contributed by atoms with Crippen molar-refractivity contribution >= 4 is 28.5 Å². The van der Waals surface area contributed by atoms with E-state index < -0.39 is 0 Å². The first-order valence-electron chi connectivity index (χ1n) is 6.50. The number of benzene rings is 2. The zero-order valence-electron chi connectivity index (χ0n) is 11.7. The predicted octanol–water partition coefficient (Wildman–Crippen LogP) is 4.00. The molecule has 0 radical (unpaired) electrons. The van der Waals surface area contributed by atoms with Crippen LogP contribution >= 0.6 is 11.6 Å². The van der Waals surface area contributed by atoms with Gasteiger partial charge in [-0.2, -0.15) is 0 Å². The summed E-state index contributed by atoms with van der Waals surface area (Å²) in [5.74, 6) is 1.29. The molecule has 0 unspecified atom stereocenters. The van der Waals surface area contributed by atoms with E-state index >= 15 is 0 Å². The average molecular weight is 300 g/mol. The van der Waals surface area contributed by atoms with E-state index in [0.717, 1.165) is 27.8 Å². The quantitative estimate of drug-likeness (QED) is 0.794. The second-order valence-electron chi connectivity index (χ2n) is 4.53. The van der Waals surface area contributed by atoms with Gasteiger partial charge in [0.1, 0.15) is 11.3 Å². The number of hydrogen-bond donors (Lipinski definition) is 1. The van der Waals surface area contributed by atoms with E-state index in [-0.39, 0.29) is 0 Å².